The zero-order valence-electron chi connectivity index (χ0n) is 10.8. The highest BCUT2D eigenvalue weighted by Gasteiger charge is 2.21. The van der Waals surface area contributed by atoms with Gasteiger partial charge in [0.25, 0.3) is 0 Å². The maximum absolute atomic E-state index is 9.13. The van der Waals surface area contributed by atoms with E-state index in [1.807, 2.05) is 13.8 Å². The molecule has 1 N–H and O–H groups in total. The van der Waals surface area contributed by atoms with Gasteiger partial charge in [0.05, 0.1) is 6.07 Å². The smallest absolute Gasteiger partial charge is 0.104 e. The summed E-state index contributed by atoms with van der Waals surface area (Å²) in [7, 11) is 0. The van der Waals surface area contributed by atoms with Crippen LogP contribution in [0, 0.1) is 18.3 Å². The van der Waals surface area contributed by atoms with Gasteiger partial charge in [-0.25, -0.2) is 0 Å². The molecule has 0 aliphatic rings. The van der Waals surface area contributed by atoms with Crippen LogP contribution in [0.3, 0.4) is 0 Å². The van der Waals surface area contributed by atoms with Crippen LogP contribution < -0.4 is 5.32 Å². The van der Waals surface area contributed by atoms with Crippen molar-refractivity contribution in [1.82, 2.24) is 5.32 Å². The Morgan fingerprint density at radius 1 is 1.35 bits per heavy atom. The number of benzene rings is 1. The van der Waals surface area contributed by atoms with Crippen molar-refractivity contribution >= 4 is 11.8 Å². The second-order valence-corrected chi connectivity index (χ2v) is 5.55. The van der Waals surface area contributed by atoms with E-state index in [9.17, 15) is 0 Å². The van der Waals surface area contributed by atoms with Crippen LogP contribution in [-0.4, -0.2) is 17.8 Å². The first kappa shape index (κ1) is 14.1. The molecule has 1 aromatic rings. The number of nitriles is 1. The molecule has 0 saturated heterocycles. The van der Waals surface area contributed by atoms with Crippen LogP contribution in [0.1, 0.15) is 25.8 Å². The average molecular weight is 248 g/mol. The lowest BCUT2D eigenvalue weighted by molar-refractivity contribution is 0.450. The fraction of sp³-hybridized carbons (Fsp3) is 0.500. The molecule has 17 heavy (non-hydrogen) atoms. The Morgan fingerprint density at radius 3 is 2.53 bits per heavy atom. The first-order valence-corrected chi connectivity index (χ1v) is 6.94. The monoisotopic (exact) mass is 248 g/mol. The van der Waals surface area contributed by atoms with Gasteiger partial charge in [0, 0.05) is 10.6 Å². The standard InChI is InChI=1S/C14H20N2S/c1-4-16-14(3,11-15)9-10-17-13-7-5-12(2)6-8-13/h5-8,16H,4,9-10H2,1-3H3. The number of hydrogen-bond acceptors (Lipinski definition) is 3. The molecular formula is C14H20N2S. The number of aryl methyl sites for hydroxylation is 1. The van der Waals surface area contributed by atoms with E-state index in [-0.39, 0.29) is 0 Å². The highest BCUT2D eigenvalue weighted by molar-refractivity contribution is 7.99. The molecule has 0 radical (unpaired) electrons. The number of rotatable bonds is 6. The lowest BCUT2D eigenvalue weighted by Gasteiger charge is -2.22. The van der Waals surface area contributed by atoms with E-state index in [4.69, 9.17) is 5.26 Å². The van der Waals surface area contributed by atoms with Crippen LogP contribution in [0.2, 0.25) is 0 Å². The second-order valence-electron chi connectivity index (χ2n) is 4.39. The maximum atomic E-state index is 9.13. The third kappa shape index (κ3) is 4.80. The number of hydrogen-bond donors (Lipinski definition) is 1. The molecule has 2 nitrogen and oxygen atoms in total. The van der Waals surface area contributed by atoms with Crippen molar-refractivity contribution in [2.24, 2.45) is 0 Å². The summed E-state index contributed by atoms with van der Waals surface area (Å²) in [4.78, 5) is 1.27. The van der Waals surface area contributed by atoms with E-state index in [1.54, 1.807) is 11.8 Å². The average Bonchev–Trinajstić information content (AvgIpc) is 2.32. The summed E-state index contributed by atoms with van der Waals surface area (Å²) in [6.45, 7) is 6.92. The quantitative estimate of drug-likeness (QED) is 0.784. The van der Waals surface area contributed by atoms with Crippen LogP contribution in [0.25, 0.3) is 0 Å². The molecule has 0 heterocycles. The van der Waals surface area contributed by atoms with Crippen molar-refractivity contribution in [3.8, 4) is 6.07 Å². The predicted octanol–water partition coefficient (Wildman–Crippen LogP) is 3.37. The molecule has 0 aromatic heterocycles. The van der Waals surface area contributed by atoms with Crippen LogP contribution in [0.4, 0.5) is 0 Å². The van der Waals surface area contributed by atoms with E-state index in [1.165, 1.54) is 10.5 Å². The number of nitrogens with one attached hydrogen (secondary N) is 1. The summed E-state index contributed by atoms with van der Waals surface area (Å²) in [5.74, 6) is 0.958. The lowest BCUT2D eigenvalue weighted by Crippen LogP contribution is -2.41. The first-order chi connectivity index (χ1) is 8.09. The SMILES string of the molecule is CCNC(C)(C#N)CCSc1ccc(C)cc1. The van der Waals surface area contributed by atoms with Crippen LogP contribution in [0.15, 0.2) is 29.2 Å². The molecule has 0 amide bonds. The fourth-order valence-corrected chi connectivity index (χ4v) is 2.66. The van der Waals surface area contributed by atoms with Gasteiger partial charge in [0.1, 0.15) is 5.54 Å². The van der Waals surface area contributed by atoms with Gasteiger partial charge >= 0.3 is 0 Å². The first-order valence-electron chi connectivity index (χ1n) is 5.95. The van der Waals surface area contributed by atoms with Gasteiger partial charge < -0.3 is 0 Å². The van der Waals surface area contributed by atoms with E-state index in [0.717, 1.165) is 18.7 Å². The van der Waals surface area contributed by atoms with Gasteiger partial charge in [0.2, 0.25) is 0 Å². The van der Waals surface area contributed by atoms with Crippen molar-refractivity contribution in [2.75, 3.05) is 12.3 Å². The third-order valence-electron chi connectivity index (χ3n) is 2.71. The minimum atomic E-state index is -0.396. The highest BCUT2D eigenvalue weighted by atomic mass is 32.2. The Bertz CT molecular complexity index is 380. The van der Waals surface area contributed by atoms with E-state index < -0.39 is 5.54 Å². The third-order valence-corrected chi connectivity index (χ3v) is 3.72. The summed E-state index contributed by atoms with van der Waals surface area (Å²) in [6.07, 6.45) is 0.857. The Morgan fingerprint density at radius 2 is 2.00 bits per heavy atom. The van der Waals surface area contributed by atoms with Gasteiger partial charge in [-0.1, -0.05) is 24.6 Å². The molecule has 92 valence electrons. The summed E-state index contributed by atoms with van der Waals surface area (Å²) >= 11 is 1.81. The lowest BCUT2D eigenvalue weighted by atomic mass is 10.0. The molecule has 1 rings (SSSR count). The summed E-state index contributed by atoms with van der Waals surface area (Å²) in [6, 6.07) is 10.9. The van der Waals surface area contributed by atoms with Crippen molar-refractivity contribution in [1.29, 1.82) is 5.26 Å². The van der Waals surface area contributed by atoms with E-state index in [0.29, 0.717) is 0 Å². The molecule has 1 atom stereocenters. The van der Waals surface area contributed by atoms with E-state index >= 15 is 0 Å². The summed E-state index contributed by atoms with van der Waals surface area (Å²) in [5.41, 5.74) is 0.885. The normalized spacial score (nSPS) is 14.0. The van der Waals surface area contributed by atoms with Crippen molar-refractivity contribution < 1.29 is 0 Å². The minimum Gasteiger partial charge on any atom is -0.300 e. The molecule has 0 aliphatic carbocycles. The molecule has 0 bridgehead atoms. The molecule has 0 fully saturated rings. The van der Waals surface area contributed by atoms with Crippen molar-refractivity contribution in [3.05, 3.63) is 29.8 Å². The van der Waals surface area contributed by atoms with Crippen molar-refractivity contribution in [2.45, 2.75) is 37.6 Å². The molecule has 1 unspecified atom stereocenters. The Balaban J connectivity index is 2.42. The zero-order valence-corrected chi connectivity index (χ0v) is 11.6. The summed E-state index contributed by atoms with van der Waals surface area (Å²) in [5, 5.41) is 12.4. The molecular weight excluding hydrogens is 228 g/mol. The zero-order chi connectivity index (χ0) is 12.7. The maximum Gasteiger partial charge on any atom is 0.104 e. The van der Waals surface area contributed by atoms with Gasteiger partial charge in [0.15, 0.2) is 0 Å². The van der Waals surface area contributed by atoms with Crippen molar-refractivity contribution in [3.63, 3.8) is 0 Å². The topological polar surface area (TPSA) is 35.8 Å². The molecule has 3 heteroatoms. The Labute approximate surface area is 108 Å². The van der Waals surface area contributed by atoms with E-state index in [2.05, 4.69) is 42.6 Å². The summed E-state index contributed by atoms with van der Waals surface area (Å²) < 4.78 is 0. The van der Waals surface area contributed by atoms with Gasteiger partial charge in [-0.15, -0.1) is 11.8 Å². The number of nitrogens with zero attached hydrogens (tertiary/aromatic N) is 1. The number of thioether (sulfide) groups is 1. The van der Waals surface area contributed by atoms with Gasteiger partial charge in [-0.05, 0) is 38.9 Å². The minimum absolute atomic E-state index is 0.396. The van der Waals surface area contributed by atoms with Gasteiger partial charge in [-0.2, -0.15) is 5.26 Å². The van der Waals surface area contributed by atoms with Crippen LogP contribution in [-0.2, 0) is 0 Å². The van der Waals surface area contributed by atoms with Crippen LogP contribution in [0.5, 0.6) is 0 Å². The Hall–Kier alpha value is -0.980. The molecule has 0 saturated carbocycles. The predicted molar refractivity (Wildman–Crippen MR) is 74.2 cm³/mol. The van der Waals surface area contributed by atoms with Gasteiger partial charge in [-0.3, -0.25) is 5.32 Å². The fourth-order valence-electron chi connectivity index (χ4n) is 1.58. The second kappa shape index (κ2) is 6.68. The largest absolute Gasteiger partial charge is 0.300 e. The van der Waals surface area contributed by atoms with Crippen LogP contribution >= 0.6 is 11.8 Å². The molecule has 0 aliphatic heterocycles. The Kier molecular flexibility index (Phi) is 5.54. The molecule has 1 aromatic carbocycles. The highest BCUT2D eigenvalue weighted by Crippen LogP contribution is 2.22. The molecule has 0 spiro atoms.